The number of halogens is 3. The average molecular weight is 555 g/mol. The molecule has 216 valence electrons. The summed E-state index contributed by atoms with van der Waals surface area (Å²) in [7, 11) is 0. The maximum Gasteiger partial charge on any atom is 0.201 e. The van der Waals surface area contributed by atoms with Crippen molar-refractivity contribution in [1.29, 1.82) is 0 Å². The number of hydrogen-bond donors (Lipinski definition) is 0. The van der Waals surface area contributed by atoms with Crippen LogP contribution >= 0.6 is 0 Å². The second-order valence-corrected chi connectivity index (χ2v) is 10.6. The highest BCUT2D eigenvalue weighted by Gasteiger charge is 2.25. The molecule has 4 rings (SSSR count). The Morgan fingerprint density at radius 2 is 1.35 bits per heavy atom. The van der Waals surface area contributed by atoms with Gasteiger partial charge in [-0.2, -0.15) is 4.39 Å². The lowest BCUT2D eigenvalue weighted by atomic mass is 9.95. The molecule has 0 bridgehead atoms. The third-order valence-corrected chi connectivity index (χ3v) is 7.53. The molecule has 3 nitrogen and oxygen atoms in total. The van der Waals surface area contributed by atoms with E-state index in [1.54, 1.807) is 30.3 Å². The third kappa shape index (κ3) is 7.88. The average Bonchev–Trinajstić information content (AvgIpc) is 2.98. The van der Waals surface area contributed by atoms with Crippen molar-refractivity contribution in [1.82, 2.24) is 0 Å². The summed E-state index contributed by atoms with van der Waals surface area (Å²) in [6.07, 6.45) is 9.28. The first-order valence-electron chi connectivity index (χ1n) is 14.8. The number of benzene rings is 3. The van der Waals surface area contributed by atoms with Gasteiger partial charge in [-0.1, -0.05) is 88.8 Å². The fourth-order valence-electron chi connectivity index (χ4n) is 5.08. The molecule has 3 aromatic rings. The molecule has 1 aliphatic heterocycles. The molecule has 3 aromatic carbocycles. The Morgan fingerprint density at radius 1 is 0.700 bits per heavy atom. The highest BCUT2D eigenvalue weighted by atomic mass is 19.2. The lowest BCUT2D eigenvalue weighted by molar-refractivity contribution is -0.190. The standard InChI is InChI=1S/C34H41F3O3/c1-3-5-7-8-10-20-38-31-19-18-29(33(36)34(31)37)25-14-12-24(13-15-25)26-16-17-28(30(35)21-26)27-22-39-32(40-23-27)11-9-6-4-2/h12-19,21,27,32H,3-11,20,22-23H2,1-2H3. The molecular weight excluding hydrogens is 513 g/mol. The molecule has 1 fully saturated rings. The lowest BCUT2D eigenvalue weighted by Crippen LogP contribution is -2.31. The van der Waals surface area contributed by atoms with Crippen LogP contribution < -0.4 is 4.74 Å². The maximum atomic E-state index is 15.1. The molecule has 0 N–H and O–H groups in total. The fraction of sp³-hybridized carbons (Fsp3) is 0.471. The van der Waals surface area contributed by atoms with Gasteiger partial charge in [0.25, 0.3) is 0 Å². The van der Waals surface area contributed by atoms with Crippen LogP contribution in [0.15, 0.2) is 54.6 Å². The van der Waals surface area contributed by atoms with Gasteiger partial charge in [-0.25, -0.2) is 8.78 Å². The van der Waals surface area contributed by atoms with E-state index in [2.05, 4.69) is 13.8 Å². The van der Waals surface area contributed by atoms with Crippen LogP contribution in [-0.2, 0) is 9.47 Å². The van der Waals surface area contributed by atoms with Gasteiger partial charge in [0.15, 0.2) is 17.9 Å². The number of unbranched alkanes of at least 4 members (excludes halogenated alkanes) is 6. The van der Waals surface area contributed by atoms with Crippen LogP contribution in [0.4, 0.5) is 13.2 Å². The van der Waals surface area contributed by atoms with E-state index < -0.39 is 11.6 Å². The highest BCUT2D eigenvalue weighted by molar-refractivity contribution is 5.71. The summed E-state index contributed by atoms with van der Waals surface area (Å²) < 4.78 is 61.8. The minimum absolute atomic E-state index is 0.0651. The van der Waals surface area contributed by atoms with Crippen molar-refractivity contribution in [2.75, 3.05) is 19.8 Å². The van der Waals surface area contributed by atoms with Crippen LogP contribution in [0.2, 0.25) is 0 Å². The smallest absolute Gasteiger partial charge is 0.201 e. The van der Waals surface area contributed by atoms with Crippen molar-refractivity contribution in [3.05, 3.63) is 77.6 Å². The molecule has 6 heteroatoms. The molecule has 0 aliphatic carbocycles. The zero-order valence-electron chi connectivity index (χ0n) is 23.7. The van der Waals surface area contributed by atoms with Gasteiger partial charge < -0.3 is 14.2 Å². The molecule has 0 radical (unpaired) electrons. The summed E-state index contributed by atoms with van der Waals surface area (Å²) in [6, 6.07) is 15.2. The molecule has 0 unspecified atom stereocenters. The molecule has 1 saturated heterocycles. The zero-order valence-corrected chi connectivity index (χ0v) is 23.7. The summed E-state index contributed by atoms with van der Waals surface area (Å²) in [5.41, 5.74) is 2.76. The Kier molecular flexibility index (Phi) is 11.5. The van der Waals surface area contributed by atoms with E-state index in [9.17, 15) is 8.78 Å². The Bertz CT molecular complexity index is 1200. The summed E-state index contributed by atoms with van der Waals surface area (Å²) in [6.45, 7) is 5.54. The van der Waals surface area contributed by atoms with E-state index in [0.717, 1.165) is 56.9 Å². The van der Waals surface area contributed by atoms with Crippen LogP contribution in [0.5, 0.6) is 5.75 Å². The Labute approximate surface area is 236 Å². The second kappa shape index (κ2) is 15.2. The van der Waals surface area contributed by atoms with Crippen LogP contribution in [0, 0.1) is 17.5 Å². The van der Waals surface area contributed by atoms with E-state index in [0.29, 0.717) is 36.5 Å². The first-order valence-corrected chi connectivity index (χ1v) is 14.8. The van der Waals surface area contributed by atoms with Crippen LogP contribution in [0.1, 0.15) is 83.1 Å². The monoisotopic (exact) mass is 554 g/mol. The summed E-state index contributed by atoms with van der Waals surface area (Å²) in [5.74, 6) is -2.43. The lowest BCUT2D eigenvalue weighted by Gasteiger charge is -2.30. The zero-order chi connectivity index (χ0) is 28.3. The normalized spacial score (nSPS) is 17.2. The minimum atomic E-state index is -0.976. The molecule has 0 amide bonds. The van der Waals surface area contributed by atoms with Crippen molar-refractivity contribution in [3.63, 3.8) is 0 Å². The van der Waals surface area contributed by atoms with Crippen LogP contribution in [0.3, 0.4) is 0 Å². The summed E-state index contributed by atoms with van der Waals surface area (Å²) in [4.78, 5) is 0. The van der Waals surface area contributed by atoms with Gasteiger partial charge in [-0.3, -0.25) is 0 Å². The van der Waals surface area contributed by atoms with E-state index in [-0.39, 0.29) is 29.3 Å². The van der Waals surface area contributed by atoms with Crippen molar-refractivity contribution in [3.8, 4) is 28.0 Å². The highest BCUT2D eigenvalue weighted by Crippen LogP contribution is 2.33. The molecule has 1 heterocycles. The van der Waals surface area contributed by atoms with E-state index >= 15 is 4.39 Å². The van der Waals surface area contributed by atoms with E-state index in [1.165, 1.54) is 24.6 Å². The van der Waals surface area contributed by atoms with Gasteiger partial charge in [-0.05, 0) is 59.7 Å². The second-order valence-electron chi connectivity index (χ2n) is 10.6. The van der Waals surface area contributed by atoms with Gasteiger partial charge in [-0.15, -0.1) is 0 Å². The SMILES string of the molecule is CCCCCCCOc1ccc(-c2ccc(-c3ccc(C4COC(CCCCC)OC4)c(F)c3)cc2)c(F)c1F. The molecule has 0 spiro atoms. The van der Waals surface area contributed by atoms with Gasteiger partial charge >= 0.3 is 0 Å². The Balaban J connectivity index is 1.37. The van der Waals surface area contributed by atoms with Crippen molar-refractivity contribution < 1.29 is 27.4 Å². The predicted octanol–water partition coefficient (Wildman–Crippen LogP) is 9.82. The Morgan fingerprint density at radius 3 is 2.05 bits per heavy atom. The quantitative estimate of drug-likeness (QED) is 0.186. The largest absolute Gasteiger partial charge is 0.490 e. The first kappa shape index (κ1) is 30.1. The minimum Gasteiger partial charge on any atom is -0.490 e. The molecule has 0 saturated carbocycles. The number of hydrogen-bond acceptors (Lipinski definition) is 3. The van der Waals surface area contributed by atoms with Crippen LogP contribution in [-0.4, -0.2) is 26.1 Å². The number of ether oxygens (including phenoxy) is 3. The first-order chi connectivity index (χ1) is 19.5. The molecule has 1 aliphatic rings. The molecule has 0 aromatic heterocycles. The van der Waals surface area contributed by atoms with E-state index in [1.807, 2.05) is 6.07 Å². The van der Waals surface area contributed by atoms with Gasteiger partial charge in [0.1, 0.15) is 5.82 Å². The fourth-order valence-corrected chi connectivity index (χ4v) is 5.08. The summed E-state index contributed by atoms with van der Waals surface area (Å²) in [5, 5.41) is 0. The van der Waals surface area contributed by atoms with Gasteiger partial charge in [0, 0.05) is 11.5 Å². The van der Waals surface area contributed by atoms with Crippen molar-refractivity contribution >= 4 is 0 Å². The molecule has 40 heavy (non-hydrogen) atoms. The third-order valence-electron chi connectivity index (χ3n) is 7.53. The molecular formula is C34H41F3O3. The predicted molar refractivity (Wildman–Crippen MR) is 154 cm³/mol. The van der Waals surface area contributed by atoms with Crippen molar-refractivity contribution in [2.24, 2.45) is 0 Å². The van der Waals surface area contributed by atoms with Gasteiger partial charge in [0.05, 0.1) is 19.8 Å². The number of rotatable bonds is 14. The Hall–Kier alpha value is -2.83. The van der Waals surface area contributed by atoms with Gasteiger partial charge in [0.2, 0.25) is 5.82 Å². The topological polar surface area (TPSA) is 27.7 Å². The van der Waals surface area contributed by atoms with Crippen LogP contribution in [0.25, 0.3) is 22.3 Å². The van der Waals surface area contributed by atoms with E-state index in [4.69, 9.17) is 14.2 Å². The summed E-state index contributed by atoms with van der Waals surface area (Å²) >= 11 is 0. The molecule has 0 atom stereocenters. The van der Waals surface area contributed by atoms with Crippen molar-refractivity contribution in [2.45, 2.75) is 83.8 Å². The maximum absolute atomic E-state index is 15.1.